The average molecular weight is 418 g/mol. The normalized spacial score (nSPS) is 23.8. The molecule has 3 atom stereocenters. The Hall–Kier alpha value is -2.77. The first-order valence-corrected chi connectivity index (χ1v) is 10.1. The van der Waals surface area contributed by atoms with E-state index in [1.54, 1.807) is 12.0 Å². The minimum absolute atomic E-state index is 0.139. The fraction of sp³-hybridized carbons (Fsp3) is 0.591. The number of esters is 1. The van der Waals surface area contributed by atoms with Crippen molar-refractivity contribution in [1.29, 1.82) is 0 Å². The van der Waals surface area contributed by atoms with Crippen LogP contribution in [0.5, 0.6) is 5.75 Å². The number of hydrogen-bond donors (Lipinski definition) is 0. The highest BCUT2D eigenvalue weighted by Crippen LogP contribution is 2.39. The van der Waals surface area contributed by atoms with E-state index in [-0.39, 0.29) is 24.9 Å². The van der Waals surface area contributed by atoms with Crippen LogP contribution in [-0.2, 0) is 25.6 Å². The molecule has 0 bridgehead atoms. The summed E-state index contributed by atoms with van der Waals surface area (Å²) in [6.45, 7) is 6.41. The van der Waals surface area contributed by atoms with Crippen LogP contribution in [0.15, 0.2) is 24.3 Å². The van der Waals surface area contributed by atoms with Crippen molar-refractivity contribution in [3.63, 3.8) is 0 Å². The highest BCUT2D eigenvalue weighted by molar-refractivity contribution is 5.91. The van der Waals surface area contributed by atoms with Gasteiger partial charge in [0.05, 0.1) is 20.1 Å². The van der Waals surface area contributed by atoms with Gasteiger partial charge in [0, 0.05) is 25.6 Å². The second-order valence-electron chi connectivity index (χ2n) is 8.77. The lowest BCUT2D eigenvalue weighted by atomic mass is 9.84. The number of likely N-dealkylation sites (tertiary alicyclic amines) is 2. The molecule has 164 valence electrons. The smallest absolute Gasteiger partial charge is 0.409 e. The summed E-state index contributed by atoms with van der Waals surface area (Å²) < 4.78 is 15.7. The number of benzene rings is 1. The first-order valence-electron chi connectivity index (χ1n) is 10.1. The van der Waals surface area contributed by atoms with E-state index in [2.05, 4.69) is 0 Å². The Bertz CT molecular complexity index is 801. The molecule has 2 heterocycles. The lowest BCUT2D eigenvalue weighted by Gasteiger charge is -2.34. The second kappa shape index (κ2) is 8.53. The van der Waals surface area contributed by atoms with Gasteiger partial charge in [-0.1, -0.05) is 12.1 Å². The van der Waals surface area contributed by atoms with Crippen LogP contribution in [0, 0.1) is 11.8 Å². The molecule has 0 aliphatic carbocycles. The molecule has 0 spiro atoms. The molecule has 2 amide bonds. The van der Waals surface area contributed by atoms with Crippen molar-refractivity contribution in [3.05, 3.63) is 29.8 Å². The maximum atomic E-state index is 13.3. The van der Waals surface area contributed by atoms with Gasteiger partial charge in [0.1, 0.15) is 17.4 Å². The van der Waals surface area contributed by atoms with Crippen LogP contribution < -0.4 is 4.74 Å². The van der Waals surface area contributed by atoms with Crippen LogP contribution in [0.2, 0.25) is 0 Å². The van der Waals surface area contributed by atoms with E-state index in [9.17, 15) is 14.4 Å². The van der Waals surface area contributed by atoms with Crippen LogP contribution in [0.4, 0.5) is 4.79 Å². The summed E-state index contributed by atoms with van der Waals surface area (Å²) in [6.07, 6.45) is 0.0813. The van der Waals surface area contributed by atoms with Crippen LogP contribution in [0.3, 0.4) is 0 Å². The number of methoxy groups -OCH3 is 2. The first kappa shape index (κ1) is 21.9. The predicted octanol–water partition coefficient (Wildman–Crippen LogP) is 2.45. The molecule has 2 saturated heterocycles. The zero-order valence-corrected chi connectivity index (χ0v) is 18.2. The number of carbonyl (C=O) groups is 3. The third-order valence-electron chi connectivity index (χ3n) is 5.60. The summed E-state index contributed by atoms with van der Waals surface area (Å²) in [7, 11) is 2.92. The minimum Gasteiger partial charge on any atom is -0.497 e. The zero-order chi connectivity index (χ0) is 22.1. The van der Waals surface area contributed by atoms with Gasteiger partial charge in [0.2, 0.25) is 5.91 Å². The molecule has 2 fully saturated rings. The Kier molecular flexibility index (Phi) is 6.24. The lowest BCUT2D eigenvalue weighted by Crippen LogP contribution is -2.47. The number of amides is 2. The van der Waals surface area contributed by atoms with Crippen molar-refractivity contribution < 1.29 is 28.6 Å². The van der Waals surface area contributed by atoms with Gasteiger partial charge < -0.3 is 24.0 Å². The van der Waals surface area contributed by atoms with E-state index >= 15 is 0 Å². The summed E-state index contributed by atoms with van der Waals surface area (Å²) in [5.74, 6) is -0.471. The van der Waals surface area contributed by atoms with Gasteiger partial charge in [-0.2, -0.15) is 0 Å². The highest BCUT2D eigenvalue weighted by atomic mass is 16.6. The van der Waals surface area contributed by atoms with Crippen molar-refractivity contribution in [2.75, 3.05) is 27.3 Å². The SMILES string of the molecule is COC(=O)N1CC[C@H]2[C@@H](C1)C(=O)N(Cc1ccc(OC)cc1)[C@H]2C(=O)OC(C)(C)C. The number of piperidine rings is 1. The monoisotopic (exact) mass is 418 g/mol. The molecule has 3 rings (SSSR count). The summed E-state index contributed by atoms with van der Waals surface area (Å²) in [6, 6.07) is 6.72. The van der Waals surface area contributed by atoms with E-state index in [0.29, 0.717) is 13.0 Å². The Morgan fingerprint density at radius 2 is 1.80 bits per heavy atom. The number of fused-ring (bicyclic) bond motifs is 1. The summed E-state index contributed by atoms with van der Waals surface area (Å²) in [5.41, 5.74) is 0.234. The highest BCUT2D eigenvalue weighted by Gasteiger charge is 2.54. The molecule has 8 heteroatoms. The Labute approximate surface area is 177 Å². The van der Waals surface area contributed by atoms with E-state index in [1.807, 2.05) is 45.0 Å². The van der Waals surface area contributed by atoms with Gasteiger partial charge in [-0.3, -0.25) is 4.79 Å². The molecule has 0 radical (unpaired) electrons. The molecule has 0 saturated carbocycles. The van der Waals surface area contributed by atoms with E-state index in [4.69, 9.17) is 14.2 Å². The Balaban J connectivity index is 1.87. The van der Waals surface area contributed by atoms with Gasteiger partial charge in [-0.05, 0) is 44.9 Å². The van der Waals surface area contributed by atoms with Gasteiger partial charge in [-0.25, -0.2) is 9.59 Å². The molecule has 0 aromatic heterocycles. The number of hydrogen-bond acceptors (Lipinski definition) is 6. The largest absolute Gasteiger partial charge is 0.497 e. The average Bonchev–Trinajstić information content (AvgIpc) is 2.98. The molecule has 1 aromatic carbocycles. The Morgan fingerprint density at radius 3 is 2.37 bits per heavy atom. The first-order chi connectivity index (χ1) is 14.1. The number of nitrogens with zero attached hydrogens (tertiary/aromatic N) is 2. The van der Waals surface area contributed by atoms with Crippen molar-refractivity contribution in [1.82, 2.24) is 9.80 Å². The van der Waals surface area contributed by atoms with Crippen molar-refractivity contribution >= 4 is 18.0 Å². The van der Waals surface area contributed by atoms with Gasteiger partial charge >= 0.3 is 12.1 Å². The van der Waals surface area contributed by atoms with Gasteiger partial charge in [0.15, 0.2) is 0 Å². The third kappa shape index (κ3) is 4.52. The Morgan fingerprint density at radius 1 is 1.13 bits per heavy atom. The standard InChI is InChI=1S/C22H30N2O6/c1-22(2,3)30-20(26)18-16-10-11-23(21(27)29-5)13-17(16)19(25)24(18)12-14-6-8-15(28-4)9-7-14/h6-9,16-18H,10-13H2,1-5H3/t16-,17+,18+/m0/s1. The summed E-state index contributed by atoms with van der Waals surface area (Å²) in [4.78, 5) is 41.5. The van der Waals surface area contributed by atoms with Gasteiger partial charge in [0.25, 0.3) is 0 Å². The molecular formula is C22H30N2O6. The van der Waals surface area contributed by atoms with Crippen LogP contribution >= 0.6 is 0 Å². The quantitative estimate of drug-likeness (QED) is 0.699. The molecule has 0 N–H and O–H groups in total. The minimum atomic E-state index is -0.677. The number of rotatable bonds is 4. The molecule has 30 heavy (non-hydrogen) atoms. The van der Waals surface area contributed by atoms with E-state index in [1.165, 1.54) is 12.0 Å². The molecule has 2 aliphatic rings. The molecule has 8 nitrogen and oxygen atoms in total. The summed E-state index contributed by atoms with van der Waals surface area (Å²) in [5, 5.41) is 0. The van der Waals surface area contributed by atoms with Crippen LogP contribution in [-0.4, -0.2) is 66.7 Å². The maximum Gasteiger partial charge on any atom is 0.409 e. The summed E-state index contributed by atoms with van der Waals surface area (Å²) >= 11 is 0. The second-order valence-corrected chi connectivity index (χ2v) is 8.77. The molecular weight excluding hydrogens is 388 g/mol. The van der Waals surface area contributed by atoms with Crippen molar-refractivity contribution in [2.45, 2.75) is 45.4 Å². The molecule has 0 unspecified atom stereocenters. The van der Waals surface area contributed by atoms with Crippen LogP contribution in [0.1, 0.15) is 32.8 Å². The maximum absolute atomic E-state index is 13.3. The topological polar surface area (TPSA) is 85.4 Å². The van der Waals surface area contributed by atoms with E-state index in [0.717, 1.165) is 11.3 Å². The molecule has 2 aliphatic heterocycles. The number of carbonyl (C=O) groups excluding carboxylic acids is 3. The fourth-order valence-electron chi connectivity index (χ4n) is 4.25. The predicted molar refractivity (Wildman–Crippen MR) is 109 cm³/mol. The fourth-order valence-corrected chi connectivity index (χ4v) is 4.25. The third-order valence-corrected chi connectivity index (χ3v) is 5.60. The number of ether oxygens (including phenoxy) is 3. The van der Waals surface area contributed by atoms with Crippen LogP contribution in [0.25, 0.3) is 0 Å². The molecule has 1 aromatic rings. The lowest BCUT2D eigenvalue weighted by molar-refractivity contribution is -0.163. The van der Waals surface area contributed by atoms with Gasteiger partial charge in [-0.15, -0.1) is 0 Å². The van der Waals surface area contributed by atoms with Crippen molar-refractivity contribution in [2.24, 2.45) is 11.8 Å². The zero-order valence-electron chi connectivity index (χ0n) is 18.2. The van der Waals surface area contributed by atoms with Crippen molar-refractivity contribution in [3.8, 4) is 5.75 Å². The van der Waals surface area contributed by atoms with E-state index < -0.39 is 29.6 Å².